The topological polar surface area (TPSA) is 55.4 Å². The summed E-state index contributed by atoms with van der Waals surface area (Å²) in [6, 6.07) is 10.9. The second-order valence-corrected chi connectivity index (χ2v) is 4.45. The van der Waals surface area contributed by atoms with Crippen LogP contribution in [0.1, 0.15) is 24.2 Å². The van der Waals surface area contributed by atoms with E-state index in [1.807, 2.05) is 0 Å². The number of carbonyl (C=O) groups is 2. The summed E-state index contributed by atoms with van der Waals surface area (Å²) in [5.74, 6) is -0.879. The zero-order valence-electron chi connectivity index (χ0n) is 11.6. The first-order chi connectivity index (χ1) is 9.99. The Morgan fingerprint density at radius 2 is 1.67 bits per heavy atom. The zero-order chi connectivity index (χ0) is 15.4. The van der Waals surface area contributed by atoms with E-state index in [1.165, 1.54) is 32.0 Å². The number of hydrogen-bond donors (Lipinski definition) is 1. The number of carbonyl (C=O) groups excluding carboxylic acids is 2. The highest BCUT2D eigenvalue weighted by molar-refractivity contribution is 5.97. The highest BCUT2D eigenvalue weighted by atomic mass is 19.1. The SMILES string of the molecule is CC(=O)Nc1ccccc1Oc1cccc(F)c1C(C)=O. The summed E-state index contributed by atoms with van der Waals surface area (Å²) < 4.78 is 19.4. The van der Waals surface area contributed by atoms with Crippen LogP contribution in [0.5, 0.6) is 11.5 Å². The maximum absolute atomic E-state index is 13.7. The van der Waals surface area contributed by atoms with Crippen molar-refractivity contribution in [2.24, 2.45) is 0 Å². The van der Waals surface area contributed by atoms with Gasteiger partial charge in [-0.05, 0) is 31.2 Å². The molecule has 4 nitrogen and oxygen atoms in total. The summed E-state index contributed by atoms with van der Waals surface area (Å²) in [5, 5.41) is 2.61. The van der Waals surface area contributed by atoms with E-state index < -0.39 is 11.6 Å². The molecule has 0 aliphatic carbocycles. The second-order valence-electron chi connectivity index (χ2n) is 4.45. The lowest BCUT2D eigenvalue weighted by Crippen LogP contribution is -2.07. The van der Waals surface area contributed by atoms with Crippen molar-refractivity contribution < 1.29 is 18.7 Å². The Hall–Kier alpha value is -2.69. The van der Waals surface area contributed by atoms with Gasteiger partial charge in [0.25, 0.3) is 0 Å². The molecule has 0 bridgehead atoms. The number of hydrogen-bond acceptors (Lipinski definition) is 3. The van der Waals surface area contributed by atoms with Crippen LogP contribution >= 0.6 is 0 Å². The van der Waals surface area contributed by atoms with Crippen molar-refractivity contribution in [3.05, 3.63) is 53.8 Å². The molecule has 0 atom stereocenters. The molecule has 21 heavy (non-hydrogen) atoms. The lowest BCUT2D eigenvalue weighted by Gasteiger charge is -2.13. The van der Waals surface area contributed by atoms with Crippen molar-refractivity contribution in [2.45, 2.75) is 13.8 Å². The number of ketones is 1. The number of anilines is 1. The van der Waals surface area contributed by atoms with Crippen molar-refractivity contribution in [3.8, 4) is 11.5 Å². The van der Waals surface area contributed by atoms with Gasteiger partial charge in [-0.2, -0.15) is 0 Å². The van der Waals surface area contributed by atoms with E-state index in [2.05, 4.69) is 5.32 Å². The van der Waals surface area contributed by atoms with Crippen LogP contribution in [0.15, 0.2) is 42.5 Å². The number of Topliss-reactive ketones (excluding diaryl/α,β-unsaturated/α-hetero) is 1. The molecule has 0 radical (unpaired) electrons. The summed E-state index contributed by atoms with van der Waals surface area (Å²) in [4.78, 5) is 22.7. The zero-order valence-corrected chi connectivity index (χ0v) is 11.6. The molecular formula is C16H14FNO3. The molecule has 0 spiro atoms. The summed E-state index contributed by atoms with van der Waals surface area (Å²) in [6.07, 6.45) is 0. The molecule has 2 rings (SSSR count). The van der Waals surface area contributed by atoms with Crippen LogP contribution in [0.2, 0.25) is 0 Å². The lowest BCUT2D eigenvalue weighted by molar-refractivity contribution is -0.114. The molecule has 2 aromatic carbocycles. The molecule has 0 fully saturated rings. The molecule has 0 unspecified atom stereocenters. The van der Waals surface area contributed by atoms with Gasteiger partial charge in [-0.1, -0.05) is 18.2 Å². The Morgan fingerprint density at radius 1 is 1.00 bits per heavy atom. The van der Waals surface area contributed by atoms with E-state index in [-0.39, 0.29) is 17.2 Å². The molecule has 1 N–H and O–H groups in total. The first kappa shape index (κ1) is 14.7. The quantitative estimate of drug-likeness (QED) is 0.871. The summed E-state index contributed by atoms with van der Waals surface area (Å²) in [5.41, 5.74) is 0.332. The molecule has 0 aliphatic heterocycles. The maximum atomic E-state index is 13.7. The fourth-order valence-electron chi connectivity index (χ4n) is 1.90. The number of ether oxygens (including phenoxy) is 1. The normalized spacial score (nSPS) is 10.0. The minimum atomic E-state index is -0.642. The van der Waals surface area contributed by atoms with Crippen LogP contribution in [0.4, 0.5) is 10.1 Å². The number of nitrogens with one attached hydrogen (secondary N) is 1. The predicted octanol–water partition coefficient (Wildman–Crippen LogP) is 3.78. The van der Waals surface area contributed by atoms with Gasteiger partial charge in [-0.25, -0.2) is 4.39 Å². The average molecular weight is 287 g/mol. The van der Waals surface area contributed by atoms with Gasteiger partial charge in [0.1, 0.15) is 11.6 Å². The van der Waals surface area contributed by atoms with Crippen LogP contribution < -0.4 is 10.1 Å². The van der Waals surface area contributed by atoms with E-state index in [0.29, 0.717) is 11.4 Å². The highest BCUT2D eigenvalue weighted by Gasteiger charge is 2.16. The number of rotatable bonds is 4. The Balaban J connectivity index is 2.42. The van der Waals surface area contributed by atoms with E-state index >= 15 is 0 Å². The fourth-order valence-corrected chi connectivity index (χ4v) is 1.90. The van der Waals surface area contributed by atoms with Gasteiger partial charge in [0.05, 0.1) is 11.3 Å². The van der Waals surface area contributed by atoms with E-state index in [1.54, 1.807) is 24.3 Å². The molecule has 108 valence electrons. The first-order valence-electron chi connectivity index (χ1n) is 6.33. The van der Waals surface area contributed by atoms with E-state index in [4.69, 9.17) is 4.74 Å². The van der Waals surface area contributed by atoms with Crippen molar-refractivity contribution in [3.63, 3.8) is 0 Å². The first-order valence-corrected chi connectivity index (χ1v) is 6.33. The monoisotopic (exact) mass is 287 g/mol. The molecule has 0 aromatic heterocycles. The molecule has 0 heterocycles. The molecule has 1 amide bonds. The Morgan fingerprint density at radius 3 is 2.33 bits per heavy atom. The van der Waals surface area contributed by atoms with Crippen molar-refractivity contribution >= 4 is 17.4 Å². The van der Waals surface area contributed by atoms with Crippen LogP contribution in [0.3, 0.4) is 0 Å². The van der Waals surface area contributed by atoms with Crippen molar-refractivity contribution in [1.29, 1.82) is 0 Å². The molecular weight excluding hydrogens is 273 g/mol. The Kier molecular flexibility index (Phi) is 4.33. The molecule has 0 aliphatic rings. The standard InChI is InChI=1S/C16H14FNO3/c1-10(19)16-12(17)6-5-9-15(16)21-14-8-4-3-7-13(14)18-11(2)20/h3-9H,1-2H3,(H,18,20). The van der Waals surface area contributed by atoms with Crippen LogP contribution in [-0.4, -0.2) is 11.7 Å². The van der Waals surface area contributed by atoms with Gasteiger partial charge >= 0.3 is 0 Å². The molecule has 0 saturated carbocycles. The van der Waals surface area contributed by atoms with Crippen molar-refractivity contribution in [1.82, 2.24) is 0 Å². The largest absolute Gasteiger partial charge is 0.454 e. The third-order valence-corrected chi connectivity index (χ3v) is 2.75. The van der Waals surface area contributed by atoms with E-state index in [9.17, 15) is 14.0 Å². The van der Waals surface area contributed by atoms with Crippen LogP contribution in [0.25, 0.3) is 0 Å². The lowest BCUT2D eigenvalue weighted by atomic mass is 10.1. The van der Waals surface area contributed by atoms with Gasteiger partial charge in [0.2, 0.25) is 5.91 Å². The summed E-state index contributed by atoms with van der Waals surface area (Å²) in [7, 11) is 0. The van der Waals surface area contributed by atoms with Crippen LogP contribution in [-0.2, 0) is 4.79 Å². The fraction of sp³-hybridized carbons (Fsp3) is 0.125. The van der Waals surface area contributed by atoms with Gasteiger partial charge in [0.15, 0.2) is 11.5 Å². The van der Waals surface area contributed by atoms with Gasteiger partial charge in [-0.15, -0.1) is 0 Å². The third kappa shape index (κ3) is 3.45. The number of benzene rings is 2. The maximum Gasteiger partial charge on any atom is 0.221 e. The molecule has 5 heteroatoms. The number of amides is 1. The Labute approximate surface area is 121 Å². The number of para-hydroxylation sites is 2. The molecule has 2 aromatic rings. The second kappa shape index (κ2) is 6.17. The predicted molar refractivity (Wildman–Crippen MR) is 77.2 cm³/mol. The Bertz CT molecular complexity index is 698. The average Bonchev–Trinajstić information content (AvgIpc) is 2.40. The van der Waals surface area contributed by atoms with Crippen molar-refractivity contribution in [2.75, 3.05) is 5.32 Å². The third-order valence-electron chi connectivity index (χ3n) is 2.75. The minimum Gasteiger partial charge on any atom is -0.454 e. The molecule has 0 saturated heterocycles. The van der Waals surface area contributed by atoms with Gasteiger partial charge in [-0.3, -0.25) is 9.59 Å². The summed E-state index contributed by atoms with van der Waals surface area (Å²) in [6.45, 7) is 2.64. The minimum absolute atomic E-state index is 0.111. The number of halogens is 1. The van der Waals surface area contributed by atoms with E-state index in [0.717, 1.165) is 0 Å². The smallest absolute Gasteiger partial charge is 0.221 e. The van der Waals surface area contributed by atoms with Crippen LogP contribution in [0, 0.1) is 5.82 Å². The highest BCUT2D eigenvalue weighted by Crippen LogP contribution is 2.32. The van der Waals surface area contributed by atoms with Gasteiger partial charge in [0, 0.05) is 6.92 Å². The summed E-state index contributed by atoms with van der Waals surface area (Å²) >= 11 is 0. The van der Waals surface area contributed by atoms with Gasteiger partial charge < -0.3 is 10.1 Å².